The van der Waals surface area contributed by atoms with Gasteiger partial charge in [0.1, 0.15) is 12.4 Å². The minimum absolute atomic E-state index is 0.299. The minimum atomic E-state index is 0.299. The van der Waals surface area contributed by atoms with E-state index in [4.69, 9.17) is 45.3 Å². The number of hydrogen-bond acceptors (Lipinski definition) is 2. The summed E-state index contributed by atoms with van der Waals surface area (Å²) >= 11 is 17.7. The molecule has 0 saturated carbocycles. The van der Waals surface area contributed by atoms with Crippen molar-refractivity contribution in [1.82, 2.24) is 0 Å². The van der Waals surface area contributed by atoms with E-state index in [9.17, 15) is 0 Å². The Morgan fingerprint density at radius 1 is 0.944 bits per heavy atom. The topological polar surface area (TPSA) is 35.2 Å². The second kappa shape index (κ2) is 5.70. The molecule has 0 aliphatic heterocycles. The molecule has 0 unspecified atom stereocenters. The van der Waals surface area contributed by atoms with Gasteiger partial charge in [0.05, 0.1) is 5.02 Å². The van der Waals surface area contributed by atoms with Gasteiger partial charge in [0.25, 0.3) is 0 Å². The highest BCUT2D eigenvalue weighted by Crippen LogP contribution is 2.29. The lowest BCUT2D eigenvalue weighted by Crippen LogP contribution is -2.00. The van der Waals surface area contributed by atoms with Crippen LogP contribution in [0.15, 0.2) is 36.4 Å². The van der Waals surface area contributed by atoms with E-state index in [1.54, 1.807) is 36.4 Å². The molecule has 0 radical (unpaired) electrons. The standard InChI is InChI=1S/C13H10Cl3NO/c14-9-1-3-12(17)8(5-9)7-18-13-4-2-10(15)6-11(13)16/h1-6H,7,17H2. The van der Waals surface area contributed by atoms with E-state index in [0.29, 0.717) is 33.1 Å². The molecule has 2 rings (SSSR count). The smallest absolute Gasteiger partial charge is 0.138 e. The highest BCUT2D eigenvalue weighted by molar-refractivity contribution is 6.35. The number of anilines is 1. The van der Waals surface area contributed by atoms with Crippen LogP contribution in [0, 0.1) is 0 Å². The van der Waals surface area contributed by atoms with Crippen LogP contribution in [-0.2, 0) is 6.61 Å². The Balaban J connectivity index is 2.13. The predicted molar refractivity (Wildman–Crippen MR) is 76.7 cm³/mol. The maximum Gasteiger partial charge on any atom is 0.138 e. The molecule has 0 bridgehead atoms. The van der Waals surface area contributed by atoms with E-state index in [1.165, 1.54) is 0 Å². The molecule has 0 saturated heterocycles. The van der Waals surface area contributed by atoms with Crippen LogP contribution < -0.4 is 10.5 Å². The van der Waals surface area contributed by atoms with Crippen LogP contribution >= 0.6 is 34.8 Å². The fourth-order valence-electron chi connectivity index (χ4n) is 1.45. The lowest BCUT2D eigenvalue weighted by Gasteiger charge is -2.10. The van der Waals surface area contributed by atoms with Gasteiger partial charge in [0.2, 0.25) is 0 Å². The van der Waals surface area contributed by atoms with Crippen molar-refractivity contribution in [2.45, 2.75) is 6.61 Å². The molecular formula is C13H10Cl3NO. The number of hydrogen-bond donors (Lipinski definition) is 1. The first-order chi connectivity index (χ1) is 8.56. The first-order valence-electron chi connectivity index (χ1n) is 5.18. The molecule has 2 aromatic rings. The number of nitrogen functional groups attached to an aromatic ring is 1. The molecule has 0 amide bonds. The van der Waals surface area contributed by atoms with E-state index in [0.717, 1.165) is 5.56 Å². The lowest BCUT2D eigenvalue weighted by molar-refractivity contribution is 0.307. The largest absolute Gasteiger partial charge is 0.487 e. The number of nitrogens with two attached hydrogens (primary N) is 1. The van der Waals surface area contributed by atoms with Crippen molar-refractivity contribution in [3.05, 3.63) is 57.0 Å². The van der Waals surface area contributed by atoms with Gasteiger partial charge in [-0.25, -0.2) is 0 Å². The van der Waals surface area contributed by atoms with Gasteiger partial charge in [0.15, 0.2) is 0 Å². The van der Waals surface area contributed by atoms with Crippen molar-refractivity contribution < 1.29 is 4.74 Å². The molecule has 94 valence electrons. The second-order valence-corrected chi connectivity index (χ2v) is 4.99. The normalized spacial score (nSPS) is 10.4. The van der Waals surface area contributed by atoms with Crippen LogP contribution in [0.1, 0.15) is 5.56 Å². The van der Waals surface area contributed by atoms with Gasteiger partial charge in [-0.1, -0.05) is 34.8 Å². The molecule has 2 nitrogen and oxygen atoms in total. The van der Waals surface area contributed by atoms with Crippen molar-refractivity contribution in [3.63, 3.8) is 0 Å². The van der Waals surface area contributed by atoms with Crippen LogP contribution in [0.2, 0.25) is 15.1 Å². The van der Waals surface area contributed by atoms with E-state index in [-0.39, 0.29) is 0 Å². The molecule has 0 heterocycles. The summed E-state index contributed by atoms with van der Waals surface area (Å²) < 4.78 is 5.58. The Kier molecular flexibility index (Phi) is 4.23. The molecular weight excluding hydrogens is 293 g/mol. The molecule has 2 aromatic carbocycles. The fourth-order valence-corrected chi connectivity index (χ4v) is 2.10. The monoisotopic (exact) mass is 301 g/mol. The average molecular weight is 303 g/mol. The summed E-state index contributed by atoms with van der Waals surface area (Å²) in [5.74, 6) is 0.556. The van der Waals surface area contributed by atoms with Gasteiger partial charge in [0, 0.05) is 21.3 Å². The Labute approximate surface area is 120 Å². The van der Waals surface area contributed by atoms with Crippen molar-refractivity contribution >= 4 is 40.5 Å². The third-order valence-electron chi connectivity index (χ3n) is 2.38. The average Bonchev–Trinajstić information content (AvgIpc) is 2.32. The first kappa shape index (κ1) is 13.3. The van der Waals surface area contributed by atoms with Gasteiger partial charge < -0.3 is 10.5 Å². The van der Waals surface area contributed by atoms with E-state index >= 15 is 0 Å². The van der Waals surface area contributed by atoms with Gasteiger partial charge in [-0.3, -0.25) is 0 Å². The van der Waals surface area contributed by atoms with Gasteiger partial charge >= 0.3 is 0 Å². The molecule has 5 heteroatoms. The van der Waals surface area contributed by atoms with Gasteiger partial charge in [-0.2, -0.15) is 0 Å². The Morgan fingerprint density at radius 3 is 2.33 bits per heavy atom. The van der Waals surface area contributed by atoms with Crippen LogP contribution in [-0.4, -0.2) is 0 Å². The summed E-state index contributed by atoms with van der Waals surface area (Å²) in [7, 11) is 0. The van der Waals surface area contributed by atoms with E-state index in [2.05, 4.69) is 0 Å². The molecule has 0 aliphatic carbocycles. The Hall–Kier alpha value is -1.09. The molecule has 0 aliphatic rings. The van der Waals surface area contributed by atoms with Crippen molar-refractivity contribution in [2.75, 3.05) is 5.73 Å². The highest BCUT2D eigenvalue weighted by Gasteiger charge is 2.05. The second-order valence-electron chi connectivity index (χ2n) is 3.71. The predicted octanol–water partition coefficient (Wildman–Crippen LogP) is 4.81. The van der Waals surface area contributed by atoms with Crippen LogP contribution in [0.5, 0.6) is 5.75 Å². The summed E-state index contributed by atoms with van der Waals surface area (Å²) in [5.41, 5.74) is 7.27. The van der Waals surface area contributed by atoms with Gasteiger partial charge in [-0.05, 0) is 36.4 Å². The fraction of sp³-hybridized carbons (Fsp3) is 0.0769. The van der Waals surface area contributed by atoms with Gasteiger partial charge in [-0.15, -0.1) is 0 Å². The quantitative estimate of drug-likeness (QED) is 0.826. The molecule has 0 atom stereocenters. The number of ether oxygens (including phenoxy) is 1. The van der Waals surface area contributed by atoms with E-state index in [1.807, 2.05) is 0 Å². The van der Waals surface area contributed by atoms with Crippen molar-refractivity contribution in [3.8, 4) is 5.75 Å². The van der Waals surface area contributed by atoms with Crippen molar-refractivity contribution in [2.24, 2.45) is 0 Å². The molecule has 2 N–H and O–H groups in total. The molecule has 18 heavy (non-hydrogen) atoms. The summed E-state index contributed by atoms with van der Waals surface area (Å²) in [6.07, 6.45) is 0. The zero-order chi connectivity index (χ0) is 13.1. The highest BCUT2D eigenvalue weighted by atomic mass is 35.5. The summed E-state index contributed by atoms with van der Waals surface area (Å²) in [4.78, 5) is 0. The minimum Gasteiger partial charge on any atom is -0.487 e. The molecule has 0 fully saturated rings. The lowest BCUT2D eigenvalue weighted by atomic mass is 10.2. The SMILES string of the molecule is Nc1ccc(Cl)cc1COc1ccc(Cl)cc1Cl. The van der Waals surface area contributed by atoms with Crippen molar-refractivity contribution in [1.29, 1.82) is 0 Å². The zero-order valence-corrected chi connectivity index (χ0v) is 11.6. The van der Waals surface area contributed by atoms with E-state index < -0.39 is 0 Å². The third kappa shape index (κ3) is 3.22. The number of halogens is 3. The Bertz CT molecular complexity index is 572. The summed E-state index contributed by atoms with van der Waals surface area (Å²) in [5, 5.41) is 1.64. The number of rotatable bonds is 3. The zero-order valence-electron chi connectivity index (χ0n) is 9.29. The Morgan fingerprint density at radius 2 is 1.61 bits per heavy atom. The van der Waals surface area contributed by atoms with Crippen LogP contribution in [0.4, 0.5) is 5.69 Å². The van der Waals surface area contributed by atoms with Crippen LogP contribution in [0.3, 0.4) is 0 Å². The molecule has 0 spiro atoms. The number of benzene rings is 2. The summed E-state index contributed by atoms with van der Waals surface area (Å²) in [6.45, 7) is 0.299. The summed E-state index contributed by atoms with van der Waals surface area (Å²) in [6, 6.07) is 10.3. The molecule has 0 aromatic heterocycles. The maximum absolute atomic E-state index is 6.00. The first-order valence-corrected chi connectivity index (χ1v) is 6.31. The maximum atomic E-state index is 6.00. The third-order valence-corrected chi connectivity index (χ3v) is 3.15. The van der Waals surface area contributed by atoms with Crippen LogP contribution in [0.25, 0.3) is 0 Å².